The molecule has 0 heterocycles. The summed E-state index contributed by atoms with van der Waals surface area (Å²) in [5.41, 5.74) is 1.80. The van der Waals surface area contributed by atoms with Gasteiger partial charge in [-0.05, 0) is 50.6 Å². The Labute approximate surface area is 167 Å². The minimum Gasteiger partial charge on any atom is -0.491 e. The lowest BCUT2D eigenvalue weighted by Crippen LogP contribution is -2.29. The average Bonchev–Trinajstić information content (AvgIpc) is 2.69. The molecule has 0 aliphatic carbocycles. The standard InChI is InChI=1S/C22H30N2O4/c1-4-26-13-14-27-21-8-6-5-7-20(21)23-16-22(25)24-15-18-9-11-19(12-10-18)28-17(2)3/h5-12,17,23H,4,13-16H2,1-3H3,(H,24,25). The number of hydrogen-bond acceptors (Lipinski definition) is 5. The van der Waals surface area contributed by atoms with Crippen molar-refractivity contribution < 1.29 is 19.0 Å². The fourth-order valence-electron chi connectivity index (χ4n) is 2.49. The summed E-state index contributed by atoms with van der Waals surface area (Å²) in [6, 6.07) is 15.3. The third kappa shape index (κ3) is 7.88. The maximum atomic E-state index is 12.2. The van der Waals surface area contributed by atoms with E-state index in [2.05, 4.69) is 10.6 Å². The lowest BCUT2D eigenvalue weighted by Gasteiger charge is -2.13. The van der Waals surface area contributed by atoms with E-state index in [1.807, 2.05) is 69.3 Å². The van der Waals surface area contributed by atoms with E-state index < -0.39 is 0 Å². The zero-order valence-corrected chi connectivity index (χ0v) is 16.9. The van der Waals surface area contributed by atoms with Crippen molar-refractivity contribution in [3.63, 3.8) is 0 Å². The van der Waals surface area contributed by atoms with Crippen molar-refractivity contribution in [3.8, 4) is 11.5 Å². The summed E-state index contributed by atoms with van der Waals surface area (Å²) in [4.78, 5) is 12.2. The predicted octanol–water partition coefficient (Wildman–Crippen LogP) is 3.62. The number of ether oxygens (including phenoxy) is 3. The third-order valence-electron chi connectivity index (χ3n) is 3.80. The Kier molecular flexibility index (Phi) is 9.15. The van der Waals surface area contributed by atoms with Gasteiger partial charge in [0.2, 0.25) is 5.91 Å². The summed E-state index contributed by atoms with van der Waals surface area (Å²) in [5.74, 6) is 1.44. The smallest absolute Gasteiger partial charge is 0.239 e. The highest BCUT2D eigenvalue weighted by atomic mass is 16.5. The van der Waals surface area contributed by atoms with Crippen LogP contribution in [0, 0.1) is 0 Å². The number of nitrogens with one attached hydrogen (secondary N) is 2. The Balaban J connectivity index is 1.76. The number of anilines is 1. The van der Waals surface area contributed by atoms with Crippen molar-refractivity contribution in [2.75, 3.05) is 31.7 Å². The van der Waals surface area contributed by atoms with Gasteiger partial charge < -0.3 is 24.8 Å². The lowest BCUT2D eigenvalue weighted by atomic mass is 10.2. The Bertz CT molecular complexity index is 717. The summed E-state index contributed by atoms with van der Waals surface area (Å²) < 4.78 is 16.6. The van der Waals surface area contributed by atoms with Crippen LogP contribution in [-0.2, 0) is 16.1 Å². The third-order valence-corrected chi connectivity index (χ3v) is 3.80. The van der Waals surface area contributed by atoms with Crippen molar-refractivity contribution in [1.29, 1.82) is 0 Å². The molecule has 0 unspecified atom stereocenters. The highest BCUT2D eigenvalue weighted by Crippen LogP contribution is 2.23. The molecule has 0 radical (unpaired) electrons. The van der Waals surface area contributed by atoms with Crippen molar-refractivity contribution in [3.05, 3.63) is 54.1 Å². The first-order chi connectivity index (χ1) is 13.6. The second-order valence-electron chi connectivity index (χ2n) is 6.48. The largest absolute Gasteiger partial charge is 0.491 e. The minimum absolute atomic E-state index is 0.0911. The van der Waals surface area contributed by atoms with E-state index >= 15 is 0 Å². The molecule has 0 aliphatic heterocycles. The Morgan fingerprint density at radius 2 is 1.79 bits per heavy atom. The number of carbonyl (C=O) groups is 1. The van der Waals surface area contributed by atoms with Crippen molar-refractivity contribution in [2.24, 2.45) is 0 Å². The van der Waals surface area contributed by atoms with Crippen LogP contribution in [0.1, 0.15) is 26.3 Å². The highest BCUT2D eigenvalue weighted by molar-refractivity contribution is 5.81. The maximum Gasteiger partial charge on any atom is 0.239 e. The van der Waals surface area contributed by atoms with Crippen LogP contribution in [0.4, 0.5) is 5.69 Å². The van der Waals surface area contributed by atoms with Crippen LogP contribution in [0.5, 0.6) is 11.5 Å². The quantitative estimate of drug-likeness (QED) is 0.545. The number of rotatable bonds is 12. The highest BCUT2D eigenvalue weighted by Gasteiger charge is 2.06. The molecule has 2 aromatic rings. The van der Waals surface area contributed by atoms with Crippen LogP contribution in [0.15, 0.2) is 48.5 Å². The molecule has 2 aromatic carbocycles. The molecular weight excluding hydrogens is 356 g/mol. The average molecular weight is 386 g/mol. The van der Waals surface area contributed by atoms with Crippen LogP contribution >= 0.6 is 0 Å². The SMILES string of the molecule is CCOCCOc1ccccc1NCC(=O)NCc1ccc(OC(C)C)cc1. The first kappa shape index (κ1) is 21.6. The van der Waals surface area contributed by atoms with Crippen LogP contribution < -0.4 is 20.1 Å². The molecule has 0 bridgehead atoms. The normalized spacial score (nSPS) is 10.6. The Morgan fingerprint density at radius 1 is 1.04 bits per heavy atom. The van der Waals surface area contributed by atoms with E-state index in [0.717, 1.165) is 17.0 Å². The van der Waals surface area contributed by atoms with Gasteiger partial charge in [0.25, 0.3) is 0 Å². The molecule has 1 amide bonds. The molecule has 0 saturated carbocycles. The van der Waals surface area contributed by atoms with Gasteiger partial charge in [0.05, 0.1) is 24.9 Å². The number of hydrogen-bond donors (Lipinski definition) is 2. The molecule has 0 saturated heterocycles. The van der Waals surface area contributed by atoms with Gasteiger partial charge in [-0.25, -0.2) is 0 Å². The molecule has 6 nitrogen and oxygen atoms in total. The second kappa shape index (κ2) is 11.9. The van der Waals surface area contributed by atoms with Crippen molar-refractivity contribution in [2.45, 2.75) is 33.4 Å². The van der Waals surface area contributed by atoms with Crippen LogP contribution in [0.25, 0.3) is 0 Å². The molecular formula is C22H30N2O4. The molecule has 0 spiro atoms. The van der Waals surface area contributed by atoms with Gasteiger partial charge in [0.15, 0.2) is 0 Å². The minimum atomic E-state index is -0.0911. The zero-order chi connectivity index (χ0) is 20.2. The number of para-hydroxylation sites is 2. The van der Waals surface area contributed by atoms with Gasteiger partial charge >= 0.3 is 0 Å². The van der Waals surface area contributed by atoms with E-state index in [1.54, 1.807) is 0 Å². The van der Waals surface area contributed by atoms with Crippen molar-refractivity contribution in [1.82, 2.24) is 5.32 Å². The molecule has 2 N–H and O–H groups in total. The Morgan fingerprint density at radius 3 is 2.50 bits per heavy atom. The predicted molar refractivity (Wildman–Crippen MR) is 111 cm³/mol. The molecule has 0 fully saturated rings. The molecule has 0 aliphatic rings. The topological polar surface area (TPSA) is 68.8 Å². The fourth-order valence-corrected chi connectivity index (χ4v) is 2.49. The molecule has 0 atom stereocenters. The number of benzene rings is 2. The molecule has 152 valence electrons. The summed E-state index contributed by atoms with van der Waals surface area (Å²) >= 11 is 0. The van der Waals surface area contributed by atoms with Gasteiger partial charge in [0.1, 0.15) is 18.1 Å². The Hall–Kier alpha value is -2.73. The van der Waals surface area contributed by atoms with Gasteiger partial charge in [-0.3, -0.25) is 4.79 Å². The van der Waals surface area contributed by atoms with Crippen LogP contribution in [0.2, 0.25) is 0 Å². The first-order valence-corrected chi connectivity index (χ1v) is 9.64. The molecule has 2 rings (SSSR count). The molecule has 28 heavy (non-hydrogen) atoms. The number of carbonyl (C=O) groups excluding carboxylic acids is 1. The summed E-state index contributed by atoms with van der Waals surface area (Å²) in [6.07, 6.45) is 0.141. The van der Waals surface area contributed by atoms with E-state index in [-0.39, 0.29) is 18.6 Å². The van der Waals surface area contributed by atoms with Gasteiger partial charge in [0, 0.05) is 13.2 Å². The van der Waals surface area contributed by atoms with E-state index in [4.69, 9.17) is 14.2 Å². The van der Waals surface area contributed by atoms with E-state index in [0.29, 0.717) is 32.1 Å². The second-order valence-corrected chi connectivity index (χ2v) is 6.48. The van der Waals surface area contributed by atoms with E-state index in [9.17, 15) is 4.79 Å². The lowest BCUT2D eigenvalue weighted by molar-refractivity contribution is -0.119. The monoisotopic (exact) mass is 386 g/mol. The summed E-state index contributed by atoms with van der Waals surface area (Å²) in [7, 11) is 0. The first-order valence-electron chi connectivity index (χ1n) is 9.64. The molecule has 0 aromatic heterocycles. The van der Waals surface area contributed by atoms with Crippen LogP contribution in [0.3, 0.4) is 0 Å². The molecule has 6 heteroatoms. The van der Waals surface area contributed by atoms with Gasteiger partial charge in [-0.2, -0.15) is 0 Å². The summed E-state index contributed by atoms with van der Waals surface area (Å²) in [6.45, 7) is 8.22. The maximum absolute atomic E-state index is 12.2. The van der Waals surface area contributed by atoms with Gasteiger partial charge in [-0.15, -0.1) is 0 Å². The van der Waals surface area contributed by atoms with Crippen LogP contribution in [-0.4, -0.2) is 38.4 Å². The van der Waals surface area contributed by atoms with E-state index in [1.165, 1.54) is 0 Å². The zero-order valence-electron chi connectivity index (χ0n) is 16.9. The van der Waals surface area contributed by atoms with Crippen molar-refractivity contribution >= 4 is 11.6 Å². The number of amides is 1. The summed E-state index contributed by atoms with van der Waals surface area (Å²) in [5, 5.41) is 6.03. The fraction of sp³-hybridized carbons (Fsp3) is 0.409. The van der Waals surface area contributed by atoms with Gasteiger partial charge in [-0.1, -0.05) is 24.3 Å².